The van der Waals surface area contributed by atoms with Gasteiger partial charge in [0.05, 0.1) is 18.0 Å². The van der Waals surface area contributed by atoms with Gasteiger partial charge in [0.2, 0.25) is 0 Å². The van der Waals surface area contributed by atoms with Crippen molar-refractivity contribution < 1.29 is 13.2 Å². The summed E-state index contributed by atoms with van der Waals surface area (Å²) in [6.45, 7) is 4.73. The lowest BCUT2D eigenvalue weighted by molar-refractivity contribution is -0.126. The number of thiophene rings is 1. The summed E-state index contributed by atoms with van der Waals surface area (Å²) >= 11 is 1.11. The standard InChI is InChI=1S/C20H23F3N6S/c1-27-9-14(8-26-27)10-28-4-2-19(11-28)3-5-29(12-19)17-16-6-15(7-20(21,22)23)30-18(16)25-13-24-17/h6,8-9,13H,2-5,7,10-12H2,1H3/t19-/m0/s1. The van der Waals surface area contributed by atoms with E-state index in [1.807, 2.05) is 17.9 Å². The molecule has 1 spiro atoms. The van der Waals surface area contributed by atoms with Crippen LogP contribution >= 0.6 is 11.3 Å². The van der Waals surface area contributed by atoms with E-state index in [1.165, 1.54) is 11.9 Å². The number of rotatable bonds is 4. The van der Waals surface area contributed by atoms with Gasteiger partial charge in [0.1, 0.15) is 17.0 Å². The molecule has 0 bridgehead atoms. The fraction of sp³-hybridized carbons (Fsp3) is 0.550. The zero-order valence-electron chi connectivity index (χ0n) is 16.7. The Balaban J connectivity index is 1.31. The molecule has 0 amide bonds. The summed E-state index contributed by atoms with van der Waals surface area (Å²) in [5, 5.41) is 4.99. The van der Waals surface area contributed by atoms with Crippen molar-refractivity contribution in [3.8, 4) is 0 Å². The minimum absolute atomic E-state index is 0.213. The van der Waals surface area contributed by atoms with Crippen LogP contribution in [0.1, 0.15) is 23.3 Å². The van der Waals surface area contributed by atoms with Crippen LogP contribution in [0.5, 0.6) is 0 Å². The average Bonchev–Trinajstić information content (AvgIpc) is 3.43. The Bertz CT molecular complexity index is 1060. The lowest BCUT2D eigenvalue weighted by Gasteiger charge is -2.25. The number of aromatic nitrogens is 4. The number of alkyl halides is 3. The molecule has 160 valence electrons. The molecule has 0 saturated carbocycles. The number of fused-ring (bicyclic) bond motifs is 1. The molecule has 3 aromatic rings. The molecule has 2 aliphatic rings. The van der Waals surface area contributed by atoms with Crippen LogP contribution in [0.3, 0.4) is 0 Å². The zero-order valence-corrected chi connectivity index (χ0v) is 17.5. The summed E-state index contributed by atoms with van der Waals surface area (Å²) in [7, 11) is 1.93. The Morgan fingerprint density at radius 3 is 2.77 bits per heavy atom. The molecule has 5 rings (SSSR count). The molecule has 30 heavy (non-hydrogen) atoms. The van der Waals surface area contributed by atoms with E-state index in [1.54, 1.807) is 6.07 Å². The van der Waals surface area contributed by atoms with Crippen LogP contribution in [0.15, 0.2) is 24.8 Å². The van der Waals surface area contributed by atoms with Gasteiger partial charge in [0, 0.05) is 55.3 Å². The third-order valence-corrected chi connectivity index (χ3v) is 7.20. The first-order valence-electron chi connectivity index (χ1n) is 10.0. The van der Waals surface area contributed by atoms with E-state index in [0.29, 0.717) is 4.83 Å². The van der Waals surface area contributed by atoms with Gasteiger partial charge in [0.25, 0.3) is 0 Å². The monoisotopic (exact) mass is 436 g/mol. The van der Waals surface area contributed by atoms with Crippen molar-refractivity contribution in [3.63, 3.8) is 0 Å². The van der Waals surface area contributed by atoms with Gasteiger partial charge in [-0.1, -0.05) is 0 Å². The highest BCUT2D eigenvalue weighted by Gasteiger charge is 2.44. The summed E-state index contributed by atoms with van der Waals surface area (Å²) in [4.78, 5) is 14.3. The fourth-order valence-corrected chi connectivity index (χ4v) is 5.87. The molecule has 2 fully saturated rings. The van der Waals surface area contributed by atoms with Gasteiger partial charge < -0.3 is 4.90 Å². The van der Waals surface area contributed by atoms with Crippen LogP contribution in [0.4, 0.5) is 19.0 Å². The summed E-state index contributed by atoms with van der Waals surface area (Å²) in [6.07, 6.45) is 2.51. The first kappa shape index (κ1) is 19.7. The second-order valence-corrected chi connectivity index (χ2v) is 9.69. The topological polar surface area (TPSA) is 50.1 Å². The molecule has 2 aliphatic heterocycles. The minimum Gasteiger partial charge on any atom is -0.355 e. The number of hydrogen-bond acceptors (Lipinski definition) is 6. The van der Waals surface area contributed by atoms with Crippen LogP contribution in [0.25, 0.3) is 10.2 Å². The van der Waals surface area contributed by atoms with Crippen LogP contribution in [0, 0.1) is 5.41 Å². The highest BCUT2D eigenvalue weighted by atomic mass is 32.1. The normalized spacial score (nSPS) is 22.7. The van der Waals surface area contributed by atoms with E-state index in [4.69, 9.17) is 0 Å². The van der Waals surface area contributed by atoms with Crippen LogP contribution in [0.2, 0.25) is 0 Å². The van der Waals surface area contributed by atoms with Crippen LogP contribution < -0.4 is 4.90 Å². The molecule has 0 aromatic carbocycles. The van der Waals surface area contributed by atoms with Gasteiger partial charge in [-0.3, -0.25) is 9.58 Å². The molecule has 0 aliphatic carbocycles. The Kier molecular flexibility index (Phi) is 4.73. The number of anilines is 1. The van der Waals surface area contributed by atoms with E-state index in [0.717, 1.165) is 68.1 Å². The van der Waals surface area contributed by atoms with Crippen LogP contribution in [-0.2, 0) is 20.0 Å². The predicted molar refractivity (Wildman–Crippen MR) is 110 cm³/mol. The summed E-state index contributed by atoms with van der Waals surface area (Å²) in [5.74, 6) is 0.771. The van der Waals surface area contributed by atoms with Gasteiger partial charge in [-0.05, 0) is 25.5 Å². The molecular formula is C20H23F3N6S. The fourth-order valence-electron chi connectivity index (χ4n) is 4.85. The molecule has 0 unspecified atom stereocenters. The van der Waals surface area contributed by atoms with E-state index in [-0.39, 0.29) is 10.3 Å². The smallest absolute Gasteiger partial charge is 0.355 e. The lowest BCUT2D eigenvalue weighted by Crippen LogP contribution is -2.31. The van der Waals surface area contributed by atoms with E-state index >= 15 is 0 Å². The second-order valence-electron chi connectivity index (χ2n) is 8.58. The molecule has 2 saturated heterocycles. The molecule has 0 N–H and O–H groups in total. The maximum Gasteiger partial charge on any atom is 0.393 e. The highest BCUT2D eigenvalue weighted by Crippen LogP contribution is 2.43. The Morgan fingerprint density at radius 1 is 1.17 bits per heavy atom. The van der Waals surface area contributed by atoms with Gasteiger partial charge in [0.15, 0.2) is 0 Å². The third kappa shape index (κ3) is 3.90. The van der Waals surface area contributed by atoms with E-state index < -0.39 is 12.6 Å². The van der Waals surface area contributed by atoms with Crippen molar-refractivity contribution >= 4 is 27.4 Å². The maximum absolute atomic E-state index is 12.8. The molecule has 5 heterocycles. The van der Waals surface area contributed by atoms with Crippen molar-refractivity contribution in [2.24, 2.45) is 12.5 Å². The first-order chi connectivity index (χ1) is 14.3. The molecular weight excluding hydrogens is 413 g/mol. The van der Waals surface area contributed by atoms with Crippen molar-refractivity contribution in [2.75, 3.05) is 31.1 Å². The second kappa shape index (κ2) is 7.19. The van der Waals surface area contributed by atoms with Crippen molar-refractivity contribution in [3.05, 3.63) is 35.2 Å². The number of hydrogen-bond donors (Lipinski definition) is 0. The lowest BCUT2D eigenvalue weighted by atomic mass is 9.86. The maximum atomic E-state index is 12.8. The van der Waals surface area contributed by atoms with Gasteiger partial charge in [-0.2, -0.15) is 18.3 Å². The van der Waals surface area contributed by atoms with Gasteiger partial charge in [-0.15, -0.1) is 11.3 Å². The van der Waals surface area contributed by atoms with Gasteiger partial charge >= 0.3 is 6.18 Å². The number of nitrogens with zero attached hydrogens (tertiary/aromatic N) is 6. The molecule has 1 atom stereocenters. The Morgan fingerprint density at radius 2 is 2.00 bits per heavy atom. The van der Waals surface area contributed by atoms with Crippen molar-refractivity contribution in [1.29, 1.82) is 0 Å². The van der Waals surface area contributed by atoms with Crippen molar-refractivity contribution in [1.82, 2.24) is 24.6 Å². The Labute approximate surface area is 176 Å². The average molecular weight is 437 g/mol. The van der Waals surface area contributed by atoms with E-state index in [9.17, 15) is 13.2 Å². The number of aryl methyl sites for hydroxylation is 1. The molecule has 0 radical (unpaired) electrons. The first-order valence-corrected chi connectivity index (χ1v) is 10.9. The minimum atomic E-state index is -4.21. The largest absolute Gasteiger partial charge is 0.393 e. The van der Waals surface area contributed by atoms with Crippen molar-refractivity contribution in [2.45, 2.75) is 32.0 Å². The number of halogens is 3. The predicted octanol–water partition coefficient (Wildman–Crippen LogP) is 3.63. The summed E-state index contributed by atoms with van der Waals surface area (Å²) in [6, 6.07) is 1.62. The molecule has 3 aromatic heterocycles. The highest BCUT2D eigenvalue weighted by molar-refractivity contribution is 7.18. The zero-order chi connectivity index (χ0) is 20.9. The Hall–Kier alpha value is -2.20. The van der Waals surface area contributed by atoms with Gasteiger partial charge in [-0.25, -0.2) is 9.97 Å². The quantitative estimate of drug-likeness (QED) is 0.625. The summed E-state index contributed by atoms with van der Waals surface area (Å²) in [5.41, 5.74) is 1.43. The van der Waals surface area contributed by atoms with E-state index in [2.05, 4.69) is 31.1 Å². The van der Waals surface area contributed by atoms with Crippen LogP contribution in [-0.4, -0.2) is 57.0 Å². The third-order valence-electron chi connectivity index (χ3n) is 6.15. The summed E-state index contributed by atoms with van der Waals surface area (Å²) < 4.78 is 40.3. The number of likely N-dealkylation sites (tertiary alicyclic amines) is 1. The molecule has 10 heteroatoms. The SMILES string of the molecule is Cn1cc(CN2CC[C@]3(CCN(c4ncnc5sc(CC(F)(F)F)cc45)C3)C2)cn1. The molecule has 6 nitrogen and oxygen atoms in total.